The van der Waals surface area contributed by atoms with Gasteiger partial charge in [0.1, 0.15) is 5.82 Å². The van der Waals surface area contributed by atoms with Crippen molar-refractivity contribution in [3.63, 3.8) is 0 Å². The largest absolute Gasteiger partial charge is 0.369 e. The molecular formula is C12H15FN4. The van der Waals surface area contributed by atoms with E-state index >= 15 is 0 Å². The van der Waals surface area contributed by atoms with Crippen molar-refractivity contribution in [2.45, 2.75) is 18.9 Å². The highest BCUT2D eigenvalue weighted by Gasteiger charge is 2.19. The molecule has 0 aliphatic carbocycles. The van der Waals surface area contributed by atoms with Crippen molar-refractivity contribution in [3.05, 3.63) is 24.0 Å². The van der Waals surface area contributed by atoms with Gasteiger partial charge in [0.25, 0.3) is 0 Å². The number of nitrogen functional groups attached to an aromatic ring is 1. The number of rotatable bonds is 1. The quantitative estimate of drug-likeness (QED) is 0.789. The van der Waals surface area contributed by atoms with Gasteiger partial charge in [0, 0.05) is 18.7 Å². The summed E-state index contributed by atoms with van der Waals surface area (Å²) in [7, 11) is 0. The Labute approximate surface area is 98.6 Å². The number of imidazole rings is 1. The van der Waals surface area contributed by atoms with Crippen LogP contribution >= 0.6 is 0 Å². The maximum atomic E-state index is 13.1. The molecule has 1 fully saturated rings. The zero-order valence-electron chi connectivity index (χ0n) is 9.49. The summed E-state index contributed by atoms with van der Waals surface area (Å²) >= 11 is 0. The van der Waals surface area contributed by atoms with Crippen LogP contribution in [0.5, 0.6) is 0 Å². The molecule has 5 heteroatoms. The first-order valence-electron chi connectivity index (χ1n) is 5.89. The summed E-state index contributed by atoms with van der Waals surface area (Å²) in [4.78, 5) is 4.22. The Kier molecular flexibility index (Phi) is 2.48. The number of nitrogens with one attached hydrogen (secondary N) is 1. The summed E-state index contributed by atoms with van der Waals surface area (Å²) in [6.07, 6.45) is 2.21. The van der Waals surface area contributed by atoms with Crippen LogP contribution in [0.1, 0.15) is 18.9 Å². The van der Waals surface area contributed by atoms with Crippen LogP contribution in [0.2, 0.25) is 0 Å². The van der Waals surface area contributed by atoms with E-state index in [4.69, 9.17) is 5.73 Å². The Balaban J connectivity index is 2.11. The number of hydrogen-bond acceptors (Lipinski definition) is 3. The molecule has 1 saturated heterocycles. The number of hydrogen-bond donors (Lipinski definition) is 2. The van der Waals surface area contributed by atoms with E-state index in [0.717, 1.165) is 31.4 Å². The Hall–Kier alpha value is -1.62. The van der Waals surface area contributed by atoms with Gasteiger partial charge in [-0.3, -0.25) is 0 Å². The first kappa shape index (κ1) is 10.5. The summed E-state index contributed by atoms with van der Waals surface area (Å²) in [5.74, 6) is 0.197. The molecule has 90 valence electrons. The second-order valence-electron chi connectivity index (χ2n) is 4.47. The molecule has 0 spiro atoms. The molecule has 4 nitrogen and oxygen atoms in total. The Morgan fingerprint density at radius 3 is 3.12 bits per heavy atom. The van der Waals surface area contributed by atoms with Crippen LogP contribution in [0.3, 0.4) is 0 Å². The van der Waals surface area contributed by atoms with E-state index in [1.807, 2.05) is 4.57 Å². The predicted molar refractivity (Wildman–Crippen MR) is 65.2 cm³/mol. The second kappa shape index (κ2) is 4.00. The van der Waals surface area contributed by atoms with Crippen molar-refractivity contribution in [2.24, 2.45) is 0 Å². The van der Waals surface area contributed by atoms with Crippen molar-refractivity contribution in [2.75, 3.05) is 18.8 Å². The molecule has 0 radical (unpaired) electrons. The van der Waals surface area contributed by atoms with Crippen LogP contribution in [0.25, 0.3) is 11.0 Å². The average molecular weight is 234 g/mol. The van der Waals surface area contributed by atoms with Gasteiger partial charge < -0.3 is 15.6 Å². The summed E-state index contributed by atoms with van der Waals surface area (Å²) in [5.41, 5.74) is 7.48. The zero-order valence-corrected chi connectivity index (χ0v) is 9.49. The van der Waals surface area contributed by atoms with Gasteiger partial charge in [0.05, 0.1) is 11.0 Å². The van der Waals surface area contributed by atoms with Crippen LogP contribution in [-0.2, 0) is 0 Å². The minimum atomic E-state index is -0.274. The third-order valence-corrected chi connectivity index (χ3v) is 3.31. The van der Waals surface area contributed by atoms with Gasteiger partial charge in [-0.1, -0.05) is 0 Å². The van der Waals surface area contributed by atoms with Crippen molar-refractivity contribution < 1.29 is 4.39 Å². The minimum absolute atomic E-state index is 0.274. The lowest BCUT2D eigenvalue weighted by atomic mass is 10.1. The fraction of sp³-hybridized carbons (Fsp3) is 0.417. The lowest BCUT2D eigenvalue weighted by Gasteiger charge is -2.25. The van der Waals surface area contributed by atoms with Crippen LogP contribution in [0.15, 0.2) is 18.2 Å². The molecule has 2 aromatic rings. The highest BCUT2D eigenvalue weighted by Crippen LogP contribution is 2.26. The van der Waals surface area contributed by atoms with E-state index in [1.54, 1.807) is 6.07 Å². The Bertz CT molecular complexity index is 543. The summed E-state index contributed by atoms with van der Waals surface area (Å²) in [6.45, 7) is 1.95. The molecule has 1 atom stereocenters. The Morgan fingerprint density at radius 2 is 2.35 bits per heavy atom. The number of piperidine rings is 1. The molecule has 2 heterocycles. The third-order valence-electron chi connectivity index (χ3n) is 3.31. The molecule has 17 heavy (non-hydrogen) atoms. The van der Waals surface area contributed by atoms with Crippen molar-refractivity contribution in [3.8, 4) is 0 Å². The number of anilines is 1. The number of aromatic nitrogens is 2. The van der Waals surface area contributed by atoms with E-state index in [0.29, 0.717) is 17.5 Å². The lowest BCUT2D eigenvalue weighted by molar-refractivity contribution is 0.381. The monoisotopic (exact) mass is 234 g/mol. The molecular weight excluding hydrogens is 219 g/mol. The van der Waals surface area contributed by atoms with Crippen LogP contribution in [0.4, 0.5) is 10.3 Å². The van der Waals surface area contributed by atoms with Gasteiger partial charge in [-0.15, -0.1) is 0 Å². The number of halogens is 1. The number of nitrogens with two attached hydrogens (primary N) is 1. The number of benzene rings is 1. The van der Waals surface area contributed by atoms with Crippen molar-refractivity contribution in [1.82, 2.24) is 14.9 Å². The van der Waals surface area contributed by atoms with Gasteiger partial charge in [-0.2, -0.15) is 0 Å². The van der Waals surface area contributed by atoms with E-state index < -0.39 is 0 Å². The van der Waals surface area contributed by atoms with Gasteiger partial charge in [-0.25, -0.2) is 9.37 Å². The van der Waals surface area contributed by atoms with E-state index in [9.17, 15) is 4.39 Å². The second-order valence-corrected chi connectivity index (χ2v) is 4.47. The highest BCUT2D eigenvalue weighted by atomic mass is 19.1. The topological polar surface area (TPSA) is 55.9 Å². The van der Waals surface area contributed by atoms with Crippen LogP contribution in [-0.4, -0.2) is 22.6 Å². The van der Waals surface area contributed by atoms with Gasteiger partial charge >= 0.3 is 0 Å². The fourth-order valence-electron chi connectivity index (χ4n) is 2.53. The smallest absolute Gasteiger partial charge is 0.201 e. The van der Waals surface area contributed by atoms with Gasteiger partial charge in [-0.05, 0) is 31.5 Å². The fourth-order valence-corrected chi connectivity index (χ4v) is 2.53. The maximum Gasteiger partial charge on any atom is 0.201 e. The normalized spacial score (nSPS) is 20.9. The highest BCUT2D eigenvalue weighted by molar-refractivity contribution is 5.78. The molecule has 3 rings (SSSR count). The minimum Gasteiger partial charge on any atom is -0.369 e. The number of fused-ring (bicyclic) bond motifs is 1. The molecule has 1 aliphatic rings. The maximum absolute atomic E-state index is 13.1. The first-order valence-corrected chi connectivity index (χ1v) is 5.89. The molecule has 0 saturated carbocycles. The average Bonchev–Trinajstić information content (AvgIpc) is 2.65. The summed E-state index contributed by atoms with van der Waals surface area (Å²) in [5, 5.41) is 3.35. The molecule has 1 aliphatic heterocycles. The molecule has 0 amide bonds. The summed E-state index contributed by atoms with van der Waals surface area (Å²) < 4.78 is 15.1. The third kappa shape index (κ3) is 1.76. The molecule has 1 unspecified atom stereocenters. The molecule has 3 N–H and O–H groups in total. The van der Waals surface area contributed by atoms with E-state index in [2.05, 4.69) is 10.3 Å². The number of nitrogens with zero attached hydrogens (tertiary/aromatic N) is 2. The molecule has 1 aromatic carbocycles. The molecule has 1 aromatic heterocycles. The predicted octanol–water partition coefficient (Wildman–Crippen LogP) is 1.68. The van der Waals surface area contributed by atoms with Crippen LogP contribution in [0, 0.1) is 5.82 Å². The lowest BCUT2D eigenvalue weighted by Crippen LogP contribution is -2.32. The SMILES string of the molecule is Nc1nc2cc(F)ccc2n1C1CCCNC1. The standard InChI is InChI=1S/C12H15FN4/c13-8-3-4-11-10(6-8)16-12(14)17(11)9-2-1-5-15-7-9/h3-4,6,9,15H,1-2,5,7H2,(H2,14,16). The first-order chi connectivity index (χ1) is 8.25. The molecule has 0 bridgehead atoms. The zero-order chi connectivity index (χ0) is 11.8. The van der Waals surface area contributed by atoms with E-state index in [-0.39, 0.29) is 5.82 Å². The van der Waals surface area contributed by atoms with Crippen LogP contribution < -0.4 is 11.1 Å². The van der Waals surface area contributed by atoms with Crippen molar-refractivity contribution >= 4 is 17.0 Å². The summed E-state index contributed by atoms with van der Waals surface area (Å²) in [6, 6.07) is 4.95. The van der Waals surface area contributed by atoms with E-state index in [1.165, 1.54) is 12.1 Å². The Morgan fingerprint density at radius 1 is 1.47 bits per heavy atom. The van der Waals surface area contributed by atoms with Gasteiger partial charge in [0.15, 0.2) is 0 Å². The van der Waals surface area contributed by atoms with Crippen molar-refractivity contribution in [1.29, 1.82) is 0 Å². The van der Waals surface area contributed by atoms with Gasteiger partial charge in [0.2, 0.25) is 5.95 Å².